The summed E-state index contributed by atoms with van der Waals surface area (Å²) in [5, 5.41) is 3.43. The minimum absolute atomic E-state index is 0.00902. The molecule has 75 heavy (non-hydrogen) atoms. The van der Waals surface area contributed by atoms with Gasteiger partial charge in [0.2, 0.25) is 10.0 Å². The number of benzene rings is 2. The molecule has 3 fully saturated rings. The molecule has 2 aromatic rings. The molecule has 3 aliphatic heterocycles. The molecule has 2 aromatic carbocycles. The van der Waals surface area contributed by atoms with Crippen LogP contribution in [0.5, 0.6) is 0 Å². The SMILES string of the molecule is CC(=O)OC[C@H]1O[C@@H](O[C@H]2[C@H](OC(C)=O)[C@@H](OC(C)=O)C(OCCCCS(=O)(=O)N3C[C@@H](N[C@H](C)c4ccccc4)[C@H](C(=O)OCc4ccccc4)C3)O[C@@H]2COC(C)=O)[C@H](OC(C)=O)[C@@H](OC(C)=O)[C@H]1OC(C)=O. The zero-order valence-corrected chi connectivity index (χ0v) is 43.8. The molecule has 5 rings (SSSR count). The number of carbonyl (C=O) groups excluding carboxylic acids is 8. The van der Waals surface area contributed by atoms with Crippen LogP contribution in [0.3, 0.4) is 0 Å². The fourth-order valence-electron chi connectivity index (χ4n) is 8.72. The number of nitrogens with zero attached hydrogens (tertiary/aromatic N) is 1. The number of hydrogen-bond donors (Lipinski definition) is 1. The van der Waals surface area contributed by atoms with Crippen LogP contribution in [0.15, 0.2) is 60.7 Å². The highest BCUT2D eigenvalue weighted by atomic mass is 32.2. The average Bonchev–Trinajstić information content (AvgIpc) is 3.77. The molecule has 1 unspecified atom stereocenters. The highest BCUT2D eigenvalue weighted by Crippen LogP contribution is 2.36. The molecule has 0 radical (unpaired) electrons. The van der Waals surface area contributed by atoms with Crippen molar-refractivity contribution in [1.29, 1.82) is 0 Å². The van der Waals surface area contributed by atoms with E-state index in [0.29, 0.717) is 0 Å². The van der Waals surface area contributed by atoms with Gasteiger partial charge in [0.1, 0.15) is 38.1 Å². The second-order valence-electron chi connectivity index (χ2n) is 18.0. The summed E-state index contributed by atoms with van der Waals surface area (Å²) < 4.78 is 98.0. The summed E-state index contributed by atoms with van der Waals surface area (Å²) in [6, 6.07) is 17.8. The van der Waals surface area contributed by atoms with E-state index < -0.39 is 144 Å². The van der Waals surface area contributed by atoms with Crippen molar-refractivity contribution in [3.8, 4) is 0 Å². The van der Waals surface area contributed by atoms with Gasteiger partial charge in [0.05, 0.1) is 11.7 Å². The van der Waals surface area contributed by atoms with Gasteiger partial charge in [-0.3, -0.25) is 38.4 Å². The van der Waals surface area contributed by atoms with Crippen LogP contribution >= 0.6 is 0 Å². The Labute approximate surface area is 434 Å². The Morgan fingerprint density at radius 3 is 1.61 bits per heavy atom. The number of ether oxygens (including phenoxy) is 12. The third-order valence-electron chi connectivity index (χ3n) is 11.9. The summed E-state index contributed by atoms with van der Waals surface area (Å²) >= 11 is 0. The predicted octanol–water partition coefficient (Wildman–Crippen LogP) is 2.13. The van der Waals surface area contributed by atoms with E-state index in [2.05, 4.69) is 5.32 Å². The smallest absolute Gasteiger partial charge is 0.312 e. The first-order valence-electron chi connectivity index (χ1n) is 24.2. The third kappa shape index (κ3) is 18.0. The first-order chi connectivity index (χ1) is 35.5. The molecular weight excluding hydrogens is 1010 g/mol. The molecule has 414 valence electrons. The van der Waals surface area contributed by atoms with Crippen molar-refractivity contribution in [3.63, 3.8) is 0 Å². The lowest BCUT2D eigenvalue weighted by molar-refractivity contribution is -0.361. The largest absolute Gasteiger partial charge is 0.463 e. The molecule has 13 atom stereocenters. The summed E-state index contributed by atoms with van der Waals surface area (Å²) in [7, 11) is -3.98. The highest BCUT2D eigenvalue weighted by Gasteiger charge is 2.58. The Bertz CT molecular complexity index is 2390. The quantitative estimate of drug-likeness (QED) is 0.0894. The third-order valence-corrected chi connectivity index (χ3v) is 13.8. The van der Waals surface area contributed by atoms with Gasteiger partial charge < -0.3 is 62.2 Å². The van der Waals surface area contributed by atoms with Crippen LogP contribution in [-0.4, -0.2) is 167 Å². The van der Waals surface area contributed by atoms with Gasteiger partial charge in [0, 0.05) is 80.2 Å². The van der Waals surface area contributed by atoms with E-state index >= 15 is 0 Å². The first-order valence-corrected chi connectivity index (χ1v) is 25.8. The summed E-state index contributed by atoms with van der Waals surface area (Å²) in [5.41, 5.74) is 1.71. The van der Waals surface area contributed by atoms with Crippen molar-refractivity contribution >= 4 is 57.8 Å². The lowest BCUT2D eigenvalue weighted by Gasteiger charge is -2.48. The van der Waals surface area contributed by atoms with Gasteiger partial charge in [-0.1, -0.05) is 60.7 Å². The van der Waals surface area contributed by atoms with Gasteiger partial charge in [-0.15, -0.1) is 0 Å². The number of sulfonamides is 1. The van der Waals surface area contributed by atoms with E-state index in [-0.39, 0.29) is 50.9 Å². The predicted molar refractivity (Wildman–Crippen MR) is 255 cm³/mol. The molecule has 0 aromatic heterocycles. The van der Waals surface area contributed by atoms with Crippen molar-refractivity contribution in [2.75, 3.05) is 38.7 Å². The molecular formula is C50H66N2O22S. The van der Waals surface area contributed by atoms with Crippen LogP contribution in [0.25, 0.3) is 0 Å². The topological polar surface area (TPSA) is 297 Å². The molecule has 0 bridgehead atoms. The standard InChI is InChI=1S/C50H66N2O22S/c1-28(37-19-13-10-14-20-37)51-39-24-52(23-38(39)48(60)66-25-36-17-11-9-12-18-36)75(61,62)22-16-15-21-63-49-46(70-34(7)58)45(69-33(6)57)43(41(72-49)27-65-30(3)54)74-50-47(71-35(8)59)44(68-32(5)56)42(67-31(4)55)40(73-50)26-64-29(2)53/h9-14,17-20,28,38-47,49-51H,15-16,21-27H2,1-8H3/t28-,38-,39-,40-,41-,42+,43-,44+,45+,46-,47-,49?,50+/m1/s1. The number of nitrogens with one attached hydrogen (secondary N) is 1. The molecule has 24 nitrogen and oxygen atoms in total. The summed E-state index contributed by atoms with van der Waals surface area (Å²) in [5.74, 6) is -7.96. The number of rotatable bonds is 24. The van der Waals surface area contributed by atoms with Gasteiger partial charge in [0.15, 0.2) is 43.1 Å². The number of unbranched alkanes of at least 4 members (excludes halogenated alkanes) is 1. The second kappa shape index (κ2) is 28.2. The van der Waals surface area contributed by atoms with Crippen LogP contribution in [0, 0.1) is 5.92 Å². The van der Waals surface area contributed by atoms with Crippen LogP contribution in [-0.2, 0) is 112 Å². The molecule has 3 aliphatic rings. The molecule has 1 N–H and O–H groups in total. The maximum atomic E-state index is 14.0. The first kappa shape index (κ1) is 59.8. The Balaban J connectivity index is 1.35. The molecule has 0 aliphatic carbocycles. The normalized spacial score (nSPS) is 27.1. The lowest BCUT2D eigenvalue weighted by atomic mass is 9.96. The monoisotopic (exact) mass is 1080 g/mol. The second-order valence-corrected chi connectivity index (χ2v) is 20.1. The van der Waals surface area contributed by atoms with Gasteiger partial charge in [-0.25, -0.2) is 8.42 Å². The zero-order valence-electron chi connectivity index (χ0n) is 43.0. The summed E-state index contributed by atoms with van der Waals surface area (Å²) in [4.78, 5) is 101. The maximum absolute atomic E-state index is 14.0. The number of hydrogen-bond acceptors (Lipinski definition) is 23. The van der Waals surface area contributed by atoms with E-state index in [1.165, 1.54) is 4.31 Å². The summed E-state index contributed by atoms with van der Waals surface area (Å²) in [6.45, 7) is 7.61. The minimum atomic E-state index is -3.98. The Morgan fingerprint density at radius 1 is 0.587 bits per heavy atom. The van der Waals surface area contributed by atoms with E-state index in [1.54, 1.807) is 0 Å². The van der Waals surface area contributed by atoms with Crippen LogP contribution < -0.4 is 5.32 Å². The van der Waals surface area contributed by atoms with Gasteiger partial charge in [-0.05, 0) is 30.9 Å². The van der Waals surface area contributed by atoms with Gasteiger partial charge >= 0.3 is 47.8 Å². The van der Waals surface area contributed by atoms with Gasteiger partial charge in [-0.2, -0.15) is 4.31 Å². The Hall–Kier alpha value is -6.09. The molecule has 25 heteroatoms. The minimum Gasteiger partial charge on any atom is -0.463 e. The van der Waals surface area contributed by atoms with Crippen molar-refractivity contribution in [2.45, 2.75) is 148 Å². The number of carbonyl (C=O) groups is 8. The number of esters is 8. The van der Waals surface area contributed by atoms with Gasteiger partial charge in [0.25, 0.3) is 0 Å². The molecule has 0 saturated carbocycles. The fourth-order valence-corrected chi connectivity index (χ4v) is 10.3. The molecule has 3 heterocycles. The van der Waals surface area contributed by atoms with E-state index in [1.807, 2.05) is 67.6 Å². The van der Waals surface area contributed by atoms with Crippen LogP contribution in [0.2, 0.25) is 0 Å². The molecule has 3 saturated heterocycles. The van der Waals surface area contributed by atoms with Crippen molar-refractivity contribution in [1.82, 2.24) is 9.62 Å². The van der Waals surface area contributed by atoms with Crippen molar-refractivity contribution in [3.05, 3.63) is 71.8 Å². The Kier molecular flexibility index (Phi) is 22.4. The van der Waals surface area contributed by atoms with Crippen LogP contribution in [0.1, 0.15) is 85.4 Å². The molecule has 0 amide bonds. The maximum Gasteiger partial charge on any atom is 0.312 e. The summed E-state index contributed by atoms with van der Waals surface area (Å²) in [6.07, 6.45) is -16.4. The van der Waals surface area contributed by atoms with E-state index in [4.69, 9.17) is 56.8 Å². The zero-order chi connectivity index (χ0) is 55.0. The lowest BCUT2D eigenvalue weighted by Crippen LogP contribution is -2.67. The fraction of sp³-hybridized carbons (Fsp3) is 0.600. The van der Waals surface area contributed by atoms with Crippen molar-refractivity contribution in [2.24, 2.45) is 5.92 Å². The van der Waals surface area contributed by atoms with E-state index in [0.717, 1.165) is 59.6 Å². The van der Waals surface area contributed by atoms with Crippen LogP contribution in [0.4, 0.5) is 0 Å². The highest BCUT2D eigenvalue weighted by molar-refractivity contribution is 7.89. The van der Waals surface area contributed by atoms with Crippen molar-refractivity contribution < 1.29 is 104 Å². The Morgan fingerprint density at radius 2 is 1.07 bits per heavy atom. The van der Waals surface area contributed by atoms with E-state index in [9.17, 15) is 46.8 Å². The molecule has 0 spiro atoms. The average molecular weight is 1080 g/mol.